The Labute approximate surface area is 151 Å². The molecule has 2 aromatic carbocycles. The lowest BCUT2D eigenvalue weighted by molar-refractivity contribution is 0.102. The van der Waals surface area contributed by atoms with Crippen molar-refractivity contribution in [1.82, 2.24) is 9.78 Å². The van der Waals surface area contributed by atoms with Crippen LogP contribution < -0.4 is 5.32 Å². The molecule has 0 saturated heterocycles. The van der Waals surface area contributed by atoms with E-state index in [0.717, 1.165) is 17.2 Å². The average Bonchev–Trinajstić information content (AvgIpc) is 2.89. The Morgan fingerprint density at radius 2 is 2.00 bits per heavy atom. The smallest absolute Gasteiger partial charge is 0.259 e. The number of hydrogen-bond donors (Lipinski definition) is 1. The van der Waals surface area contributed by atoms with E-state index < -0.39 is 17.5 Å². The van der Waals surface area contributed by atoms with Crippen LogP contribution in [0.1, 0.15) is 21.5 Å². The lowest BCUT2D eigenvalue weighted by Crippen LogP contribution is -2.15. The molecule has 3 aromatic rings. The van der Waals surface area contributed by atoms with E-state index >= 15 is 0 Å². The van der Waals surface area contributed by atoms with Gasteiger partial charge in [0.05, 0.1) is 16.6 Å². The highest BCUT2D eigenvalue weighted by atomic mass is 79.9. The Kier molecular flexibility index (Phi) is 4.94. The molecule has 0 saturated carbocycles. The quantitative estimate of drug-likeness (QED) is 0.692. The van der Waals surface area contributed by atoms with E-state index in [1.165, 1.54) is 12.1 Å². The van der Waals surface area contributed by atoms with Gasteiger partial charge in [0.15, 0.2) is 17.5 Å². The van der Waals surface area contributed by atoms with E-state index in [9.17, 15) is 13.6 Å². The number of carbonyl (C=O) groups is 1. The zero-order valence-electron chi connectivity index (χ0n) is 13.3. The number of rotatable bonds is 4. The van der Waals surface area contributed by atoms with Crippen LogP contribution in [0.2, 0.25) is 0 Å². The van der Waals surface area contributed by atoms with Crippen molar-refractivity contribution < 1.29 is 13.6 Å². The van der Waals surface area contributed by atoms with Crippen molar-refractivity contribution >= 4 is 27.7 Å². The fourth-order valence-electron chi connectivity index (χ4n) is 2.41. The van der Waals surface area contributed by atoms with Crippen LogP contribution in [0.4, 0.5) is 14.6 Å². The maximum atomic E-state index is 13.7. The zero-order valence-corrected chi connectivity index (χ0v) is 14.8. The number of anilines is 1. The van der Waals surface area contributed by atoms with E-state index in [1.807, 2.05) is 31.2 Å². The summed E-state index contributed by atoms with van der Waals surface area (Å²) < 4.78 is 29.2. The van der Waals surface area contributed by atoms with E-state index in [2.05, 4.69) is 26.3 Å². The van der Waals surface area contributed by atoms with Gasteiger partial charge in [-0.2, -0.15) is 5.10 Å². The molecule has 7 heteroatoms. The van der Waals surface area contributed by atoms with Crippen LogP contribution in [0.25, 0.3) is 0 Å². The molecule has 1 N–H and O–H groups in total. The first-order valence-electron chi connectivity index (χ1n) is 7.48. The van der Waals surface area contributed by atoms with Crippen molar-refractivity contribution in [2.75, 3.05) is 5.32 Å². The lowest BCUT2D eigenvalue weighted by Gasteiger charge is -2.05. The molecule has 1 amide bonds. The predicted octanol–water partition coefficient (Wildman–Crippen LogP) is 4.53. The maximum Gasteiger partial charge on any atom is 0.259 e. The minimum atomic E-state index is -1.18. The third kappa shape index (κ3) is 3.93. The minimum Gasteiger partial charge on any atom is -0.304 e. The molecule has 0 unspecified atom stereocenters. The van der Waals surface area contributed by atoms with Gasteiger partial charge in [-0.15, -0.1) is 0 Å². The van der Waals surface area contributed by atoms with Gasteiger partial charge in [0.1, 0.15) is 0 Å². The van der Waals surface area contributed by atoms with Gasteiger partial charge >= 0.3 is 0 Å². The molecule has 0 spiro atoms. The van der Waals surface area contributed by atoms with Gasteiger partial charge in [0.25, 0.3) is 5.91 Å². The van der Waals surface area contributed by atoms with E-state index in [1.54, 1.807) is 10.9 Å². The summed E-state index contributed by atoms with van der Waals surface area (Å²) in [7, 11) is 0. The van der Waals surface area contributed by atoms with Crippen LogP contribution in [-0.2, 0) is 6.54 Å². The second-order valence-corrected chi connectivity index (χ2v) is 6.42. The highest BCUT2D eigenvalue weighted by Gasteiger charge is 2.17. The summed E-state index contributed by atoms with van der Waals surface area (Å²) in [6.45, 7) is 2.52. The number of nitrogens with zero attached hydrogens (tertiary/aromatic N) is 2. The van der Waals surface area contributed by atoms with Gasteiger partial charge in [-0.05, 0) is 40.5 Å². The summed E-state index contributed by atoms with van der Waals surface area (Å²) in [5, 5.41) is 6.76. The Hall–Kier alpha value is -2.54. The first-order chi connectivity index (χ1) is 11.9. The summed E-state index contributed by atoms with van der Waals surface area (Å²) in [5.74, 6) is -2.79. The van der Waals surface area contributed by atoms with Gasteiger partial charge in [-0.1, -0.05) is 35.9 Å². The lowest BCUT2D eigenvalue weighted by atomic mass is 10.1. The second kappa shape index (κ2) is 7.14. The van der Waals surface area contributed by atoms with Gasteiger partial charge in [-0.3, -0.25) is 9.48 Å². The zero-order chi connectivity index (χ0) is 18.0. The monoisotopic (exact) mass is 405 g/mol. The van der Waals surface area contributed by atoms with Gasteiger partial charge in [0.2, 0.25) is 0 Å². The summed E-state index contributed by atoms with van der Waals surface area (Å²) in [5.41, 5.74) is 1.82. The van der Waals surface area contributed by atoms with Crippen molar-refractivity contribution in [1.29, 1.82) is 0 Å². The average molecular weight is 406 g/mol. The molecule has 4 nitrogen and oxygen atoms in total. The number of carbonyl (C=O) groups excluding carboxylic acids is 1. The molecule has 3 rings (SSSR count). The van der Waals surface area contributed by atoms with Crippen molar-refractivity contribution in [2.24, 2.45) is 0 Å². The number of hydrogen-bond acceptors (Lipinski definition) is 2. The Morgan fingerprint density at radius 3 is 2.76 bits per heavy atom. The molecule has 0 fully saturated rings. The van der Waals surface area contributed by atoms with Crippen molar-refractivity contribution in [2.45, 2.75) is 13.5 Å². The standard InChI is InChI=1S/C18H14BrF2N3O/c1-11-4-2-5-12(8-11)9-24-10-14(19)17(23-24)22-18(25)13-6-3-7-15(20)16(13)21/h2-8,10H,9H2,1H3,(H,22,23,25). The molecular formula is C18H14BrF2N3O. The highest BCUT2D eigenvalue weighted by Crippen LogP contribution is 2.22. The Morgan fingerprint density at radius 1 is 1.24 bits per heavy atom. The van der Waals surface area contributed by atoms with Crippen LogP contribution in [-0.4, -0.2) is 15.7 Å². The molecule has 0 atom stereocenters. The number of benzene rings is 2. The fourth-order valence-corrected chi connectivity index (χ4v) is 2.83. The van der Waals surface area contributed by atoms with Gasteiger partial charge < -0.3 is 5.32 Å². The molecule has 1 heterocycles. The van der Waals surface area contributed by atoms with Gasteiger partial charge in [-0.25, -0.2) is 8.78 Å². The highest BCUT2D eigenvalue weighted by molar-refractivity contribution is 9.10. The van der Waals surface area contributed by atoms with Crippen molar-refractivity contribution in [3.05, 3.63) is 81.5 Å². The third-order valence-electron chi connectivity index (χ3n) is 3.57. The molecule has 0 bridgehead atoms. The van der Waals surface area contributed by atoms with Gasteiger partial charge in [0, 0.05) is 6.20 Å². The number of halogens is 3. The summed E-state index contributed by atoms with van der Waals surface area (Å²) in [4.78, 5) is 12.2. The molecule has 25 heavy (non-hydrogen) atoms. The molecule has 0 radical (unpaired) electrons. The number of aromatic nitrogens is 2. The summed E-state index contributed by atoms with van der Waals surface area (Å²) in [6, 6.07) is 11.4. The number of aryl methyl sites for hydroxylation is 1. The summed E-state index contributed by atoms with van der Waals surface area (Å²) >= 11 is 3.31. The predicted molar refractivity (Wildman–Crippen MR) is 94.5 cm³/mol. The van der Waals surface area contributed by atoms with E-state index in [-0.39, 0.29) is 11.4 Å². The van der Waals surface area contributed by atoms with Crippen LogP contribution in [0, 0.1) is 18.6 Å². The maximum absolute atomic E-state index is 13.7. The largest absolute Gasteiger partial charge is 0.304 e. The van der Waals surface area contributed by atoms with E-state index in [4.69, 9.17) is 0 Å². The minimum absolute atomic E-state index is 0.237. The fraction of sp³-hybridized carbons (Fsp3) is 0.111. The Balaban J connectivity index is 1.78. The normalized spacial score (nSPS) is 10.7. The van der Waals surface area contributed by atoms with Crippen molar-refractivity contribution in [3.8, 4) is 0 Å². The molecule has 128 valence electrons. The Bertz CT molecular complexity index is 940. The first kappa shape index (κ1) is 17.3. The molecule has 0 aliphatic heterocycles. The van der Waals surface area contributed by atoms with Crippen LogP contribution in [0.5, 0.6) is 0 Å². The van der Waals surface area contributed by atoms with Crippen molar-refractivity contribution in [3.63, 3.8) is 0 Å². The number of amides is 1. The van der Waals surface area contributed by atoms with Crippen LogP contribution in [0.3, 0.4) is 0 Å². The summed E-state index contributed by atoms with van der Waals surface area (Å²) in [6.07, 6.45) is 1.71. The molecule has 1 aromatic heterocycles. The van der Waals surface area contributed by atoms with E-state index in [0.29, 0.717) is 11.0 Å². The third-order valence-corrected chi connectivity index (χ3v) is 4.15. The SMILES string of the molecule is Cc1cccc(Cn2cc(Br)c(NC(=O)c3cccc(F)c3F)n2)c1. The first-order valence-corrected chi connectivity index (χ1v) is 8.27. The molecule has 0 aliphatic rings. The van der Waals surface area contributed by atoms with Crippen LogP contribution in [0.15, 0.2) is 53.1 Å². The van der Waals surface area contributed by atoms with Crippen LogP contribution >= 0.6 is 15.9 Å². The molecule has 0 aliphatic carbocycles. The molecular weight excluding hydrogens is 392 g/mol. The second-order valence-electron chi connectivity index (χ2n) is 5.57. The number of nitrogens with one attached hydrogen (secondary N) is 1. The topological polar surface area (TPSA) is 46.9 Å².